The Kier molecular flexibility index (Phi) is 6.60. The Bertz CT molecular complexity index is 350. The zero-order valence-electron chi connectivity index (χ0n) is 10.8. The molecule has 0 heterocycles. The Hall–Kier alpha value is 0.01000. The summed E-state index contributed by atoms with van der Waals surface area (Å²) in [5, 5.41) is 3.70. The van der Waals surface area contributed by atoms with E-state index in [9.17, 15) is 0 Å². The highest BCUT2D eigenvalue weighted by molar-refractivity contribution is 9.10. The van der Waals surface area contributed by atoms with Crippen molar-refractivity contribution in [3.8, 4) is 0 Å². The van der Waals surface area contributed by atoms with Crippen molar-refractivity contribution >= 4 is 27.7 Å². The molecule has 0 aliphatic heterocycles. The van der Waals surface area contributed by atoms with E-state index >= 15 is 0 Å². The van der Waals surface area contributed by atoms with Crippen molar-refractivity contribution in [2.24, 2.45) is 0 Å². The largest absolute Gasteiger partial charge is 0.314 e. The maximum Gasteiger partial charge on any atom is 0.0311 e. The van der Waals surface area contributed by atoms with Crippen LogP contribution in [0.5, 0.6) is 0 Å². The summed E-state index contributed by atoms with van der Waals surface area (Å²) in [4.78, 5) is 1.36. The SMILES string of the molecule is Brc1ccccc1SCCCNC1CCCCC1. The molecule has 0 spiro atoms. The van der Waals surface area contributed by atoms with Gasteiger partial charge >= 0.3 is 0 Å². The Morgan fingerprint density at radius 2 is 1.94 bits per heavy atom. The number of thioether (sulfide) groups is 1. The molecule has 3 heteroatoms. The van der Waals surface area contributed by atoms with Crippen LogP contribution < -0.4 is 5.32 Å². The predicted molar refractivity (Wildman–Crippen MR) is 84.4 cm³/mol. The van der Waals surface area contributed by atoms with Gasteiger partial charge in [-0.1, -0.05) is 31.4 Å². The van der Waals surface area contributed by atoms with Crippen LogP contribution in [0.3, 0.4) is 0 Å². The molecule has 1 aliphatic rings. The fourth-order valence-electron chi connectivity index (χ4n) is 2.43. The van der Waals surface area contributed by atoms with Gasteiger partial charge in [0.2, 0.25) is 0 Å². The lowest BCUT2D eigenvalue weighted by molar-refractivity contribution is 0.375. The highest BCUT2D eigenvalue weighted by Gasteiger charge is 2.11. The lowest BCUT2D eigenvalue weighted by Crippen LogP contribution is -2.31. The first-order chi connectivity index (χ1) is 8.86. The van der Waals surface area contributed by atoms with Gasteiger partial charge in [0.25, 0.3) is 0 Å². The summed E-state index contributed by atoms with van der Waals surface area (Å²) in [5.41, 5.74) is 0. The van der Waals surface area contributed by atoms with Gasteiger partial charge < -0.3 is 5.32 Å². The monoisotopic (exact) mass is 327 g/mol. The van der Waals surface area contributed by atoms with Crippen molar-refractivity contribution in [2.75, 3.05) is 12.3 Å². The number of benzene rings is 1. The maximum absolute atomic E-state index is 3.70. The molecular weight excluding hydrogens is 306 g/mol. The van der Waals surface area contributed by atoms with Crippen LogP contribution in [0.1, 0.15) is 38.5 Å². The molecule has 0 radical (unpaired) electrons. The van der Waals surface area contributed by atoms with Gasteiger partial charge in [-0.25, -0.2) is 0 Å². The number of rotatable bonds is 6. The first-order valence-electron chi connectivity index (χ1n) is 6.97. The number of hydrogen-bond acceptors (Lipinski definition) is 2. The number of nitrogens with one attached hydrogen (secondary N) is 1. The summed E-state index contributed by atoms with van der Waals surface area (Å²) in [6, 6.07) is 9.27. The molecular formula is C15H22BrNS. The molecule has 1 aromatic rings. The third-order valence-corrected chi connectivity index (χ3v) is 5.57. The van der Waals surface area contributed by atoms with Crippen molar-refractivity contribution in [3.63, 3.8) is 0 Å². The predicted octanol–water partition coefficient (Wildman–Crippen LogP) is 4.85. The van der Waals surface area contributed by atoms with Crippen molar-refractivity contribution in [1.29, 1.82) is 0 Å². The lowest BCUT2D eigenvalue weighted by atomic mass is 9.95. The fourth-order valence-corrected chi connectivity index (χ4v) is 3.95. The average Bonchev–Trinajstić information content (AvgIpc) is 2.42. The van der Waals surface area contributed by atoms with Gasteiger partial charge in [0.15, 0.2) is 0 Å². The van der Waals surface area contributed by atoms with Crippen LogP contribution in [0.25, 0.3) is 0 Å². The Morgan fingerprint density at radius 1 is 1.17 bits per heavy atom. The first-order valence-corrected chi connectivity index (χ1v) is 8.75. The van der Waals surface area contributed by atoms with Crippen molar-refractivity contribution < 1.29 is 0 Å². The molecule has 1 saturated carbocycles. The molecule has 1 fully saturated rings. The van der Waals surface area contributed by atoms with E-state index in [0.717, 1.165) is 6.04 Å². The van der Waals surface area contributed by atoms with E-state index in [-0.39, 0.29) is 0 Å². The summed E-state index contributed by atoms with van der Waals surface area (Å²) in [7, 11) is 0. The van der Waals surface area contributed by atoms with E-state index in [2.05, 4.69) is 45.5 Å². The third-order valence-electron chi connectivity index (χ3n) is 3.45. The first kappa shape index (κ1) is 14.4. The van der Waals surface area contributed by atoms with Gasteiger partial charge in [0.1, 0.15) is 0 Å². The number of halogens is 1. The van der Waals surface area contributed by atoms with Gasteiger partial charge in [-0.15, -0.1) is 11.8 Å². The standard InChI is InChI=1S/C15H22BrNS/c16-14-9-4-5-10-15(14)18-12-6-11-17-13-7-2-1-3-8-13/h4-5,9-10,13,17H,1-3,6-8,11-12H2. The second-order valence-corrected chi connectivity index (χ2v) is 6.91. The quantitative estimate of drug-likeness (QED) is 0.591. The van der Waals surface area contributed by atoms with E-state index in [0.29, 0.717) is 0 Å². The normalized spacial score (nSPS) is 16.9. The molecule has 0 unspecified atom stereocenters. The van der Waals surface area contributed by atoms with Gasteiger partial charge in [0, 0.05) is 15.4 Å². The minimum atomic E-state index is 0.798. The molecule has 2 rings (SSSR count). The molecule has 18 heavy (non-hydrogen) atoms. The van der Waals surface area contributed by atoms with Gasteiger partial charge in [-0.2, -0.15) is 0 Å². The third kappa shape index (κ3) is 4.94. The van der Waals surface area contributed by atoms with Crippen LogP contribution in [0.4, 0.5) is 0 Å². The molecule has 100 valence electrons. The summed E-state index contributed by atoms with van der Waals surface area (Å²) in [6.07, 6.45) is 8.31. The van der Waals surface area contributed by atoms with Crippen molar-refractivity contribution in [2.45, 2.75) is 49.5 Å². The fraction of sp³-hybridized carbons (Fsp3) is 0.600. The summed E-state index contributed by atoms with van der Waals surface area (Å²) in [5.74, 6) is 1.20. The second kappa shape index (κ2) is 8.23. The molecule has 1 aromatic carbocycles. The average molecular weight is 328 g/mol. The van der Waals surface area contributed by atoms with Gasteiger partial charge in [-0.05, 0) is 59.6 Å². The highest BCUT2D eigenvalue weighted by atomic mass is 79.9. The van der Waals surface area contributed by atoms with Crippen molar-refractivity contribution in [1.82, 2.24) is 5.32 Å². The van der Waals surface area contributed by atoms with Gasteiger partial charge in [0.05, 0.1) is 0 Å². The topological polar surface area (TPSA) is 12.0 Å². The van der Waals surface area contributed by atoms with Crippen LogP contribution >= 0.6 is 27.7 Å². The molecule has 0 saturated heterocycles. The summed E-state index contributed by atoms with van der Waals surface area (Å²) in [6.45, 7) is 1.17. The van der Waals surface area contributed by atoms with Crippen LogP contribution in [0.15, 0.2) is 33.6 Å². The Labute approximate surface area is 123 Å². The summed E-state index contributed by atoms with van der Waals surface area (Å²) >= 11 is 5.54. The zero-order valence-corrected chi connectivity index (χ0v) is 13.2. The molecule has 0 atom stereocenters. The molecule has 1 aliphatic carbocycles. The molecule has 1 N–H and O–H groups in total. The molecule has 0 aromatic heterocycles. The van der Waals surface area contributed by atoms with Crippen LogP contribution in [0.2, 0.25) is 0 Å². The van der Waals surface area contributed by atoms with Crippen LogP contribution in [0, 0.1) is 0 Å². The Morgan fingerprint density at radius 3 is 2.72 bits per heavy atom. The molecule has 0 bridgehead atoms. The van der Waals surface area contributed by atoms with Crippen LogP contribution in [-0.2, 0) is 0 Å². The molecule has 0 amide bonds. The van der Waals surface area contributed by atoms with E-state index in [1.165, 1.54) is 60.2 Å². The minimum absolute atomic E-state index is 0.798. The minimum Gasteiger partial charge on any atom is -0.314 e. The maximum atomic E-state index is 3.70. The summed E-state index contributed by atoms with van der Waals surface area (Å²) < 4.78 is 1.22. The van der Waals surface area contributed by atoms with E-state index in [1.807, 2.05) is 11.8 Å². The lowest BCUT2D eigenvalue weighted by Gasteiger charge is -2.22. The Balaban J connectivity index is 1.57. The zero-order chi connectivity index (χ0) is 12.6. The van der Waals surface area contributed by atoms with E-state index < -0.39 is 0 Å². The van der Waals surface area contributed by atoms with Gasteiger partial charge in [-0.3, -0.25) is 0 Å². The molecule has 1 nitrogen and oxygen atoms in total. The highest BCUT2D eigenvalue weighted by Crippen LogP contribution is 2.27. The second-order valence-electron chi connectivity index (χ2n) is 4.92. The van der Waals surface area contributed by atoms with Crippen molar-refractivity contribution in [3.05, 3.63) is 28.7 Å². The van der Waals surface area contributed by atoms with E-state index in [4.69, 9.17) is 0 Å². The van der Waals surface area contributed by atoms with E-state index in [1.54, 1.807) is 0 Å². The smallest absolute Gasteiger partial charge is 0.0311 e. The number of hydrogen-bond donors (Lipinski definition) is 1. The van der Waals surface area contributed by atoms with Crippen LogP contribution in [-0.4, -0.2) is 18.3 Å².